The van der Waals surface area contributed by atoms with Crippen molar-refractivity contribution in [3.63, 3.8) is 0 Å². The number of halogens is 3. The summed E-state index contributed by atoms with van der Waals surface area (Å²) in [4.78, 5) is 0. The molecule has 0 heterocycles. The first kappa shape index (κ1) is 17.7. The van der Waals surface area contributed by atoms with Crippen LogP contribution in [0.15, 0.2) is 0 Å². The summed E-state index contributed by atoms with van der Waals surface area (Å²) < 4.78 is 57.5. The molecular weight excluding hydrogens is 243 g/mol. The minimum Gasteiger partial charge on any atom is -0.279 e. The van der Waals surface area contributed by atoms with Gasteiger partial charge >= 0.3 is 15.6 Å². The maximum absolute atomic E-state index is 10.7. The molecule has 0 aromatic carbocycles. The number of hydrogen-bond acceptors (Lipinski definition) is 3. The third kappa shape index (κ3) is 9.71. The van der Waals surface area contributed by atoms with E-state index in [-0.39, 0.29) is 17.1 Å². The second-order valence-electron chi connectivity index (χ2n) is 1.14. The van der Waals surface area contributed by atoms with Crippen LogP contribution in [0, 0.1) is 11.3 Å². The summed E-state index contributed by atoms with van der Waals surface area (Å²) in [6.07, 6.45) is 0. The normalized spacial score (nSPS) is 10.0. The van der Waals surface area contributed by atoms with Gasteiger partial charge in [0.2, 0.25) is 0 Å². The molecule has 0 saturated heterocycles. The average molecular weight is 247 g/mol. The van der Waals surface area contributed by atoms with E-state index in [0.29, 0.717) is 0 Å². The number of rotatable bonds is 0. The third-order valence-corrected chi connectivity index (χ3v) is 0.877. The fourth-order valence-electron chi connectivity index (χ4n) is 0. The van der Waals surface area contributed by atoms with Gasteiger partial charge in [-0.1, -0.05) is 0 Å². The Hall–Kier alpha value is -0.291. The van der Waals surface area contributed by atoms with Gasteiger partial charge in [0.1, 0.15) is 0 Å². The van der Waals surface area contributed by atoms with Crippen molar-refractivity contribution >= 4 is 10.1 Å². The van der Waals surface area contributed by atoms with Crippen molar-refractivity contribution in [3.8, 4) is 6.07 Å². The first-order valence-corrected chi connectivity index (χ1v) is 3.45. The Bertz CT molecular complexity index is 240. The summed E-state index contributed by atoms with van der Waals surface area (Å²) in [5, 5.41) is 7.32. The van der Waals surface area contributed by atoms with Gasteiger partial charge < -0.3 is 0 Å². The maximum Gasteiger partial charge on any atom is 0.522 e. The van der Waals surface area contributed by atoms with Crippen LogP contribution in [-0.2, 0) is 27.2 Å². The van der Waals surface area contributed by atoms with Gasteiger partial charge in [-0.3, -0.25) is 4.55 Å². The van der Waals surface area contributed by atoms with E-state index >= 15 is 0 Å². The zero-order chi connectivity index (χ0) is 9.71. The molecule has 0 radical (unpaired) electrons. The van der Waals surface area contributed by atoms with Crippen molar-refractivity contribution in [1.29, 1.82) is 5.26 Å². The molecule has 0 aliphatic rings. The van der Waals surface area contributed by atoms with Gasteiger partial charge in [-0.25, -0.2) is 0 Å². The molecule has 9 heteroatoms. The van der Waals surface area contributed by atoms with Crippen LogP contribution in [0.4, 0.5) is 13.2 Å². The van der Waals surface area contributed by atoms with E-state index in [9.17, 15) is 13.2 Å². The molecule has 0 aromatic heterocycles. The molecule has 0 aliphatic carbocycles. The van der Waals surface area contributed by atoms with Crippen molar-refractivity contribution in [3.05, 3.63) is 0 Å². The van der Waals surface area contributed by atoms with Crippen LogP contribution in [0.3, 0.4) is 0 Å². The summed E-state index contributed by atoms with van der Waals surface area (Å²) in [6.45, 7) is 1.43. The van der Waals surface area contributed by atoms with Crippen LogP contribution in [0.5, 0.6) is 0 Å². The fraction of sp³-hybridized carbons (Fsp3) is 0.667. The maximum atomic E-state index is 10.7. The topological polar surface area (TPSA) is 78.2 Å². The van der Waals surface area contributed by atoms with Crippen molar-refractivity contribution < 1.29 is 43.2 Å². The van der Waals surface area contributed by atoms with Gasteiger partial charge in [0, 0.05) is 24.0 Å². The molecule has 0 saturated carbocycles. The number of hydrogen-bond donors (Lipinski definition) is 1. The molecule has 0 amide bonds. The van der Waals surface area contributed by atoms with E-state index in [1.807, 2.05) is 0 Å². The summed E-state index contributed by atoms with van der Waals surface area (Å²) >= 11 is 0. The Kier molecular flexibility index (Phi) is 9.22. The molecule has 0 unspecified atom stereocenters. The van der Waals surface area contributed by atoms with Crippen molar-refractivity contribution in [2.45, 2.75) is 12.4 Å². The van der Waals surface area contributed by atoms with Gasteiger partial charge in [0.15, 0.2) is 0 Å². The van der Waals surface area contributed by atoms with Crippen LogP contribution in [0.1, 0.15) is 6.92 Å². The minimum absolute atomic E-state index is 0. The summed E-state index contributed by atoms with van der Waals surface area (Å²) in [5.41, 5.74) is -5.53. The van der Waals surface area contributed by atoms with E-state index < -0.39 is 15.6 Å². The molecule has 12 heavy (non-hydrogen) atoms. The van der Waals surface area contributed by atoms with E-state index in [1.165, 1.54) is 6.92 Å². The molecule has 0 atom stereocenters. The molecule has 1 N–H and O–H groups in total. The van der Waals surface area contributed by atoms with Crippen molar-refractivity contribution in [2.24, 2.45) is 0 Å². The number of nitriles is 1. The first-order chi connectivity index (χ1) is 4.66. The molecule has 4 nitrogen and oxygen atoms in total. The third-order valence-electron chi connectivity index (χ3n) is 0.292. The zero-order valence-electron chi connectivity index (χ0n) is 5.61. The Balaban J connectivity index is -0.000000177. The molecule has 0 aliphatic heterocycles. The zero-order valence-corrected chi connectivity index (χ0v) is 7.53. The molecule has 0 fully saturated rings. The van der Waals surface area contributed by atoms with E-state index in [0.717, 1.165) is 0 Å². The standard InChI is InChI=1S/C2H3N.CHF3O3S.Fe/c1-2-3;2-1(3,4)8(5,6)7;/h1H3;(H,5,6,7);. The van der Waals surface area contributed by atoms with E-state index in [1.54, 1.807) is 6.07 Å². The van der Waals surface area contributed by atoms with Gasteiger partial charge in [0.05, 0.1) is 6.07 Å². The summed E-state index contributed by atoms with van der Waals surface area (Å²) in [6, 6.07) is 1.75. The molecule has 0 aromatic rings. The summed E-state index contributed by atoms with van der Waals surface area (Å²) in [7, 11) is -5.84. The SMILES string of the molecule is CC#N.O=S(=O)(O)C(F)(F)F.[Fe]. The van der Waals surface area contributed by atoms with Crippen LogP contribution in [-0.4, -0.2) is 18.5 Å². The first-order valence-electron chi connectivity index (χ1n) is 2.01. The van der Waals surface area contributed by atoms with Gasteiger partial charge in [0.25, 0.3) is 0 Å². The van der Waals surface area contributed by atoms with Crippen molar-refractivity contribution in [1.82, 2.24) is 0 Å². The second kappa shape index (κ2) is 6.25. The second-order valence-corrected chi connectivity index (χ2v) is 2.56. The Morgan fingerprint density at radius 1 is 1.42 bits per heavy atom. The summed E-state index contributed by atoms with van der Waals surface area (Å²) in [5.74, 6) is 0. The predicted molar refractivity (Wildman–Crippen MR) is 28.9 cm³/mol. The number of alkyl halides is 3. The van der Waals surface area contributed by atoms with E-state index in [4.69, 9.17) is 18.2 Å². The Morgan fingerprint density at radius 3 is 1.50 bits per heavy atom. The minimum atomic E-state index is -5.84. The van der Waals surface area contributed by atoms with Gasteiger partial charge in [-0.15, -0.1) is 0 Å². The van der Waals surface area contributed by atoms with Crippen LogP contribution < -0.4 is 0 Å². The van der Waals surface area contributed by atoms with Crippen molar-refractivity contribution in [2.75, 3.05) is 0 Å². The molecule has 0 bridgehead atoms. The molecule has 0 spiro atoms. The van der Waals surface area contributed by atoms with Crippen LogP contribution in [0.2, 0.25) is 0 Å². The number of nitrogens with zero attached hydrogens (tertiary/aromatic N) is 1. The molecule has 0 rings (SSSR count). The predicted octanol–water partition coefficient (Wildman–Crippen LogP) is 0.921. The smallest absolute Gasteiger partial charge is 0.279 e. The monoisotopic (exact) mass is 247 g/mol. The Labute approximate surface area is 77.6 Å². The Morgan fingerprint density at radius 2 is 1.50 bits per heavy atom. The van der Waals surface area contributed by atoms with Crippen LogP contribution >= 0.6 is 0 Å². The van der Waals surface area contributed by atoms with Crippen LogP contribution in [0.25, 0.3) is 0 Å². The largest absolute Gasteiger partial charge is 0.522 e. The average Bonchev–Trinajstić information content (AvgIpc) is 1.60. The fourth-order valence-corrected chi connectivity index (χ4v) is 0. The quantitative estimate of drug-likeness (QED) is 0.392. The van der Waals surface area contributed by atoms with E-state index in [2.05, 4.69) is 0 Å². The van der Waals surface area contributed by atoms with Gasteiger partial charge in [-0.05, 0) is 0 Å². The van der Waals surface area contributed by atoms with Gasteiger partial charge in [-0.2, -0.15) is 26.9 Å². The molecular formula is C3H4F3FeNO3S. The molecule has 74 valence electrons.